The van der Waals surface area contributed by atoms with Gasteiger partial charge in [0.15, 0.2) is 0 Å². The number of hydrogen-bond acceptors (Lipinski definition) is 3. The second-order valence-corrected chi connectivity index (χ2v) is 4.91. The van der Waals surface area contributed by atoms with Crippen molar-refractivity contribution >= 4 is 18.3 Å². The molecule has 1 fully saturated rings. The molecule has 1 unspecified atom stereocenters. The number of halogens is 4. The number of carbonyl (C=O) groups is 1. The van der Waals surface area contributed by atoms with Crippen LogP contribution in [0.3, 0.4) is 0 Å². The maximum Gasteiger partial charge on any atom is 0.573 e. The predicted octanol–water partition coefficient (Wildman–Crippen LogP) is 2.42. The van der Waals surface area contributed by atoms with Crippen molar-refractivity contribution in [3.8, 4) is 5.75 Å². The standard InChI is InChI=1S/C14H17F3N2O2.ClH/c15-14(16,17)21-12-4-2-1-3-10(12)5-6-13(20)19-11-7-8-18-9-11;/h1-4,11,18H,5-9H2,(H,19,20);1H. The summed E-state index contributed by atoms with van der Waals surface area (Å²) in [5.41, 5.74) is 0.370. The number of aryl methyl sites for hydroxylation is 1. The van der Waals surface area contributed by atoms with Crippen molar-refractivity contribution < 1.29 is 22.7 Å². The highest BCUT2D eigenvalue weighted by atomic mass is 35.5. The minimum Gasteiger partial charge on any atom is -0.406 e. The Hall–Kier alpha value is -1.47. The molecule has 0 bridgehead atoms. The lowest BCUT2D eigenvalue weighted by molar-refractivity contribution is -0.274. The molecular weight excluding hydrogens is 321 g/mol. The lowest BCUT2D eigenvalue weighted by Crippen LogP contribution is -2.36. The summed E-state index contributed by atoms with van der Waals surface area (Å²) in [6.07, 6.45) is -3.51. The molecule has 1 amide bonds. The molecule has 0 aromatic heterocycles. The molecule has 1 aliphatic heterocycles. The van der Waals surface area contributed by atoms with E-state index in [1.54, 1.807) is 6.07 Å². The van der Waals surface area contributed by atoms with Crippen LogP contribution < -0.4 is 15.4 Å². The summed E-state index contributed by atoms with van der Waals surface area (Å²) < 4.78 is 40.8. The average Bonchev–Trinajstić information content (AvgIpc) is 2.89. The molecule has 0 aliphatic carbocycles. The van der Waals surface area contributed by atoms with Gasteiger partial charge in [-0.25, -0.2) is 0 Å². The minimum atomic E-state index is -4.73. The molecule has 8 heteroatoms. The van der Waals surface area contributed by atoms with Gasteiger partial charge < -0.3 is 15.4 Å². The SMILES string of the molecule is Cl.O=C(CCc1ccccc1OC(F)(F)F)NC1CCNC1. The first-order valence-electron chi connectivity index (χ1n) is 6.78. The van der Waals surface area contributed by atoms with Gasteiger partial charge in [-0.3, -0.25) is 4.79 Å². The third kappa shape index (κ3) is 6.11. The van der Waals surface area contributed by atoms with Gasteiger partial charge in [0.2, 0.25) is 5.91 Å². The fraction of sp³-hybridized carbons (Fsp3) is 0.500. The van der Waals surface area contributed by atoms with Gasteiger partial charge in [-0.1, -0.05) is 18.2 Å². The van der Waals surface area contributed by atoms with Crippen LogP contribution in [0.4, 0.5) is 13.2 Å². The molecule has 2 rings (SSSR count). The summed E-state index contributed by atoms with van der Waals surface area (Å²) >= 11 is 0. The molecule has 22 heavy (non-hydrogen) atoms. The zero-order valence-corrected chi connectivity index (χ0v) is 12.6. The molecule has 1 aromatic carbocycles. The van der Waals surface area contributed by atoms with Crippen LogP contribution in [0.1, 0.15) is 18.4 Å². The molecule has 2 N–H and O–H groups in total. The van der Waals surface area contributed by atoms with E-state index in [-0.39, 0.29) is 42.9 Å². The van der Waals surface area contributed by atoms with E-state index in [9.17, 15) is 18.0 Å². The molecule has 1 heterocycles. The Bertz CT molecular complexity index is 491. The van der Waals surface area contributed by atoms with E-state index in [2.05, 4.69) is 15.4 Å². The van der Waals surface area contributed by atoms with Crippen LogP contribution in [0.5, 0.6) is 5.75 Å². The van der Waals surface area contributed by atoms with E-state index < -0.39 is 6.36 Å². The zero-order chi connectivity index (χ0) is 15.3. The minimum absolute atomic E-state index is 0. The van der Waals surface area contributed by atoms with Crippen LogP contribution >= 0.6 is 12.4 Å². The Labute approximate surface area is 132 Å². The van der Waals surface area contributed by atoms with Gasteiger partial charge in [-0.05, 0) is 31.0 Å². The fourth-order valence-corrected chi connectivity index (χ4v) is 2.26. The van der Waals surface area contributed by atoms with Crippen molar-refractivity contribution in [2.45, 2.75) is 31.7 Å². The van der Waals surface area contributed by atoms with E-state index in [4.69, 9.17) is 0 Å². The summed E-state index contributed by atoms with van der Waals surface area (Å²) in [6.45, 7) is 1.60. The van der Waals surface area contributed by atoms with Crippen molar-refractivity contribution in [1.82, 2.24) is 10.6 Å². The van der Waals surface area contributed by atoms with Crippen molar-refractivity contribution in [1.29, 1.82) is 0 Å². The Morgan fingerprint density at radius 3 is 2.73 bits per heavy atom. The van der Waals surface area contributed by atoms with Crippen molar-refractivity contribution in [3.05, 3.63) is 29.8 Å². The van der Waals surface area contributed by atoms with E-state index >= 15 is 0 Å². The number of carbonyl (C=O) groups excluding carboxylic acids is 1. The van der Waals surface area contributed by atoms with Gasteiger partial charge in [0, 0.05) is 19.0 Å². The molecule has 1 atom stereocenters. The number of amides is 1. The first-order valence-corrected chi connectivity index (χ1v) is 6.78. The molecule has 4 nitrogen and oxygen atoms in total. The fourth-order valence-electron chi connectivity index (χ4n) is 2.26. The van der Waals surface area contributed by atoms with Gasteiger partial charge >= 0.3 is 6.36 Å². The zero-order valence-electron chi connectivity index (χ0n) is 11.8. The van der Waals surface area contributed by atoms with E-state index in [1.165, 1.54) is 18.2 Å². The third-order valence-corrected chi connectivity index (χ3v) is 3.25. The Balaban J connectivity index is 0.00000242. The highest BCUT2D eigenvalue weighted by Gasteiger charge is 2.32. The number of benzene rings is 1. The first kappa shape index (κ1) is 18.6. The van der Waals surface area contributed by atoms with Crippen LogP contribution in [-0.4, -0.2) is 31.4 Å². The molecular formula is C14H18ClF3N2O2. The number of para-hydroxylation sites is 1. The molecule has 124 valence electrons. The van der Waals surface area contributed by atoms with Gasteiger partial charge in [-0.2, -0.15) is 0 Å². The molecule has 1 aromatic rings. The molecule has 0 spiro atoms. The van der Waals surface area contributed by atoms with Crippen LogP contribution in [0.2, 0.25) is 0 Å². The summed E-state index contributed by atoms with van der Waals surface area (Å²) in [5.74, 6) is -0.411. The second kappa shape index (κ2) is 8.24. The summed E-state index contributed by atoms with van der Waals surface area (Å²) in [4.78, 5) is 11.8. The summed E-state index contributed by atoms with van der Waals surface area (Å²) in [6, 6.07) is 5.98. The normalized spacial score (nSPS) is 17.7. The smallest absolute Gasteiger partial charge is 0.406 e. The highest BCUT2D eigenvalue weighted by Crippen LogP contribution is 2.26. The number of nitrogens with one attached hydrogen (secondary N) is 2. The number of hydrogen-bond donors (Lipinski definition) is 2. The Morgan fingerprint density at radius 2 is 2.09 bits per heavy atom. The monoisotopic (exact) mass is 338 g/mol. The maximum atomic E-state index is 12.3. The van der Waals surface area contributed by atoms with Crippen LogP contribution in [0.25, 0.3) is 0 Å². The predicted molar refractivity (Wildman–Crippen MR) is 78.1 cm³/mol. The van der Waals surface area contributed by atoms with Gasteiger partial charge in [-0.15, -0.1) is 25.6 Å². The van der Waals surface area contributed by atoms with Gasteiger partial charge in [0.05, 0.1) is 0 Å². The van der Waals surface area contributed by atoms with Crippen molar-refractivity contribution in [2.75, 3.05) is 13.1 Å². The van der Waals surface area contributed by atoms with E-state index in [0.717, 1.165) is 19.5 Å². The number of alkyl halides is 3. The Morgan fingerprint density at radius 1 is 1.36 bits per heavy atom. The van der Waals surface area contributed by atoms with Gasteiger partial charge in [0.25, 0.3) is 0 Å². The molecule has 0 radical (unpaired) electrons. The molecule has 1 saturated heterocycles. The van der Waals surface area contributed by atoms with E-state index in [0.29, 0.717) is 5.56 Å². The highest BCUT2D eigenvalue weighted by molar-refractivity contribution is 5.85. The summed E-state index contributed by atoms with van der Waals surface area (Å²) in [5, 5.41) is 5.98. The van der Waals surface area contributed by atoms with Crippen LogP contribution in [0.15, 0.2) is 24.3 Å². The van der Waals surface area contributed by atoms with Crippen LogP contribution in [-0.2, 0) is 11.2 Å². The Kier molecular flexibility index (Phi) is 6.96. The van der Waals surface area contributed by atoms with Crippen LogP contribution in [0, 0.1) is 0 Å². The topological polar surface area (TPSA) is 50.4 Å². The van der Waals surface area contributed by atoms with Crippen molar-refractivity contribution in [2.24, 2.45) is 0 Å². The quantitative estimate of drug-likeness (QED) is 0.867. The largest absolute Gasteiger partial charge is 0.573 e. The second-order valence-electron chi connectivity index (χ2n) is 4.91. The lowest BCUT2D eigenvalue weighted by Gasteiger charge is -2.14. The summed E-state index contributed by atoms with van der Waals surface area (Å²) in [7, 11) is 0. The molecule has 1 aliphatic rings. The third-order valence-electron chi connectivity index (χ3n) is 3.25. The lowest BCUT2D eigenvalue weighted by atomic mass is 10.1. The van der Waals surface area contributed by atoms with E-state index in [1.807, 2.05) is 0 Å². The molecule has 0 saturated carbocycles. The maximum absolute atomic E-state index is 12.3. The number of ether oxygens (including phenoxy) is 1. The average molecular weight is 339 g/mol. The number of rotatable bonds is 5. The van der Waals surface area contributed by atoms with Gasteiger partial charge in [0.1, 0.15) is 5.75 Å². The van der Waals surface area contributed by atoms with Crippen molar-refractivity contribution in [3.63, 3.8) is 0 Å². The first-order chi connectivity index (χ1) is 9.94.